The molecule has 0 radical (unpaired) electrons. The summed E-state index contributed by atoms with van der Waals surface area (Å²) in [4.78, 5) is 22.3. The molecule has 20 heavy (non-hydrogen) atoms. The Balaban J connectivity index is 3.14. The predicted molar refractivity (Wildman–Crippen MR) is 72.5 cm³/mol. The number of aliphatic hydroxyl groups excluding tert-OH is 1. The minimum atomic E-state index is -0.892. The average molecular weight is 282 g/mol. The maximum Gasteiger partial charge on any atom is 0.345 e. The van der Waals surface area contributed by atoms with Gasteiger partial charge in [-0.25, -0.2) is 4.79 Å². The minimum Gasteiger partial charge on any atom is -0.496 e. The van der Waals surface area contributed by atoms with Gasteiger partial charge in [-0.3, -0.25) is 4.79 Å². The highest BCUT2D eigenvalue weighted by Crippen LogP contribution is 2.23. The molecule has 0 amide bonds. The Morgan fingerprint density at radius 2 is 2.20 bits per heavy atom. The SMILES string of the molecule is COc1cc(C(C)=CC(C)CC(=O)O)oc(=O)c1CO. The third-order valence-electron chi connectivity index (χ3n) is 2.81. The lowest BCUT2D eigenvalue weighted by atomic mass is 10.0. The van der Waals surface area contributed by atoms with Crippen LogP contribution in [0.4, 0.5) is 0 Å². The van der Waals surface area contributed by atoms with Crippen molar-refractivity contribution in [1.29, 1.82) is 0 Å². The first-order valence-electron chi connectivity index (χ1n) is 6.11. The molecule has 1 unspecified atom stereocenters. The standard InChI is InChI=1S/C14H18O6/c1-8(5-13(16)17)4-9(2)11-6-12(19-3)10(7-15)14(18)20-11/h4,6,8,15H,5,7H2,1-3H3,(H,16,17). The van der Waals surface area contributed by atoms with Crippen LogP contribution in [0.2, 0.25) is 0 Å². The Morgan fingerprint density at radius 1 is 1.55 bits per heavy atom. The van der Waals surface area contributed by atoms with Crippen molar-refractivity contribution in [2.75, 3.05) is 7.11 Å². The highest BCUT2D eigenvalue weighted by Gasteiger charge is 2.13. The van der Waals surface area contributed by atoms with Crippen molar-refractivity contribution in [2.45, 2.75) is 26.9 Å². The summed E-state index contributed by atoms with van der Waals surface area (Å²) in [5.74, 6) is -0.545. The zero-order valence-corrected chi connectivity index (χ0v) is 11.7. The van der Waals surface area contributed by atoms with Crippen molar-refractivity contribution in [1.82, 2.24) is 0 Å². The van der Waals surface area contributed by atoms with Crippen molar-refractivity contribution in [3.05, 3.63) is 33.9 Å². The number of methoxy groups -OCH3 is 1. The number of rotatable bonds is 6. The second-order valence-corrected chi connectivity index (χ2v) is 4.53. The molecular formula is C14H18O6. The smallest absolute Gasteiger partial charge is 0.345 e. The lowest BCUT2D eigenvalue weighted by Crippen LogP contribution is -2.11. The summed E-state index contributed by atoms with van der Waals surface area (Å²) in [6.07, 6.45) is 1.71. The summed E-state index contributed by atoms with van der Waals surface area (Å²) in [6.45, 7) is 3.01. The van der Waals surface area contributed by atoms with Crippen LogP contribution in [0.15, 0.2) is 21.4 Å². The molecular weight excluding hydrogens is 264 g/mol. The van der Waals surface area contributed by atoms with Crippen LogP contribution in [-0.4, -0.2) is 23.3 Å². The van der Waals surface area contributed by atoms with Gasteiger partial charge in [-0.1, -0.05) is 13.0 Å². The van der Waals surface area contributed by atoms with E-state index in [9.17, 15) is 9.59 Å². The van der Waals surface area contributed by atoms with Gasteiger partial charge >= 0.3 is 11.6 Å². The molecule has 0 saturated carbocycles. The molecule has 0 aliphatic carbocycles. The van der Waals surface area contributed by atoms with E-state index in [0.29, 0.717) is 11.3 Å². The third-order valence-corrected chi connectivity index (χ3v) is 2.81. The van der Waals surface area contributed by atoms with Crippen LogP contribution in [-0.2, 0) is 11.4 Å². The monoisotopic (exact) mass is 282 g/mol. The van der Waals surface area contributed by atoms with E-state index in [0.717, 1.165) is 0 Å². The maximum atomic E-state index is 11.7. The van der Waals surface area contributed by atoms with E-state index in [2.05, 4.69) is 0 Å². The molecule has 1 rings (SSSR count). The molecule has 6 heteroatoms. The average Bonchev–Trinajstić information content (AvgIpc) is 2.36. The normalized spacial score (nSPS) is 13.1. The molecule has 6 nitrogen and oxygen atoms in total. The number of ether oxygens (including phenoxy) is 1. The van der Waals surface area contributed by atoms with Gasteiger partial charge in [0.05, 0.1) is 20.1 Å². The minimum absolute atomic E-state index is 0.00652. The number of carboxylic acids is 1. The van der Waals surface area contributed by atoms with Gasteiger partial charge in [0.1, 0.15) is 17.1 Å². The Bertz CT molecular complexity index is 570. The second-order valence-electron chi connectivity index (χ2n) is 4.53. The topological polar surface area (TPSA) is 97.0 Å². The first-order chi connectivity index (χ1) is 9.38. The number of carbonyl (C=O) groups is 1. The summed E-state index contributed by atoms with van der Waals surface area (Å²) >= 11 is 0. The lowest BCUT2D eigenvalue weighted by molar-refractivity contribution is -0.137. The van der Waals surface area contributed by atoms with Gasteiger partial charge < -0.3 is 19.4 Å². The molecule has 0 aromatic carbocycles. The highest BCUT2D eigenvalue weighted by atomic mass is 16.5. The molecule has 0 aliphatic heterocycles. The number of aliphatic hydroxyl groups is 1. The molecule has 0 spiro atoms. The van der Waals surface area contributed by atoms with E-state index < -0.39 is 18.2 Å². The number of hydrogen-bond acceptors (Lipinski definition) is 5. The van der Waals surface area contributed by atoms with Gasteiger partial charge in [0.15, 0.2) is 0 Å². The van der Waals surface area contributed by atoms with Crippen molar-refractivity contribution in [3.8, 4) is 5.75 Å². The molecule has 1 atom stereocenters. The summed E-state index contributed by atoms with van der Waals surface area (Å²) in [5.41, 5.74) is 0.0294. The zero-order chi connectivity index (χ0) is 15.3. The summed E-state index contributed by atoms with van der Waals surface area (Å²) in [7, 11) is 1.39. The molecule has 1 aromatic heterocycles. The van der Waals surface area contributed by atoms with Crippen LogP contribution >= 0.6 is 0 Å². The molecule has 2 N–H and O–H groups in total. The van der Waals surface area contributed by atoms with Crippen LogP contribution in [0.3, 0.4) is 0 Å². The summed E-state index contributed by atoms with van der Waals surface area (Å²) in [6, 6.07) is 1.51. The Kier molecular flexibility index (Phi) is 5.52. The predicted octanol–water partition coefficient (Wildman–Crippen LogP) is 1.65. The van der Waals surface area contributed by atoms with Crippen LogP contribution in [0.5, 0.6) is 5.75 Å². The molecule has 0 bridgehead atoms. The molecule has 0 saturated heterocycles. The Morgan fingerprint density at radius 3 is 2.70 bits per heavy atom. The largest absolute Gasteiger partial charge is 0.496 e. The fourth-order valence-corrected chi connectivity index (χ4v) is 1.86. The number of aliphatic carboxylic acids is 1. The van der Waals surface area contributed by atoms with E-state index >= 15 is 0 Å². The van der Waals surface area contributed by atoms with Crippen LogP contribution in [0.1, 0.15) is 31.6 Å². The first kappa shape index (κ1) is 16.0. The van der Waals surface area contributed by atoms with Gasteiger partial charge in [-0.15, -0.1) is 0 Å². The Hall–Kier alpha value is -2.08. The summed E-state index contributed by atoms with van der Waals surface area (Å²) in [5, 5.41) is 17.8. The van der Waals surface area contributed by atoms with E-state index in [-0.39, 0.29) is 23.7 Å². The highest BCUT2D eigenvalue weighted by molar-refractivity contribution is 5.68. The number of allylic oxidation sites excluding steroid dienone is 2. The number of hydrogen-bond donors (Lipinski definition) is 2. The van der Waals surface area contributed by atoms with Crippen molar-refractivity contribution >= 4 is 11.5 Å². The lowest BCUT2D eigenvalue weighted by Gasteiger charge is -2.09. The van der Waals surface area contributed by atoms with Crippen LogP contribution in [0.25, 0.3) is 5.57 Å². The van der Waals surface area contributed by atoms with Crippen molar-refractivity contribution in [2.24, 2.45) is 5.92 Å². The fraction of sp³-hybridized carbons (Fsp3) is 0.429. The molecule has 0 aliphatic rings. The quantitative estimate of drug-likeness (QED) is 0.823. The van der Waals surface area contributed by atoms with E-state index in [1.807, 2.05) is 0 Å². The van der Waals surface area contributed by atoms with Gasteiger partial charge in [0.25, 0.3) is 0 Å². The van der Waals surface area contributed by atoms with E-state index in [4.69, 9.17) is 19.4 Å². The first-order valence-corrected chi connectivity index (χ1v) is 6.11. The van der Waals surface area contributed by atoms with E-state index in [1.165, 1.54) is 13.2 Å². The number of carboxylic acid groups (broad SMARTS) is 1. The fourth-order valence-electron chi connectivity index (χ4n) is 1.86. The molecule has 0 fully saturated rings. The second kappa shape index (κ2) is 6.91. The van der Waals surface area contributed by atoms with Crippen LogP contribution < -0.4 is 10.4 Å². The molecule has 1 aromatic rings. The maximum absolute atomic E-state index is 11.7. The van der Waals surface area contributed by atoms with E-state index in [1.54, 1.807) is 19.9 Å². The molecule has 110 valence electrons. The summed E-state index contributed by atoms with van der Waals surface area (Å²) < 4.78 is 10.1. The van der Waals surface area contributed by atoms with Gasteiger partial charge in [-0.05, 0) is 18.4 Å². The van der Waals surface area contributed by atoms with Gasteiger partial charge in [-0.2, -0.15) is 0 Å². The van der Waals surface area contributed by atoms with Crippen molar-refractivity contribution in [3.63, 3.8) is 0 Å². The third kappa shape index (κ3) is 3.96. The van der Waals surface area contributed by atoms with Crippen molar-refractivity contribution < 1.29 is 24.2 Å². The van der Waals surface area contributed by atoms with Gasteiger partial charge in [0.2, 0.25) is 0 Å². The zero-order valence-electron chi connectivity index (χ0n) is 11.7. The van der Waals surface area contributed by atoms with Gasteiger partial charge in [0, 0.05) is 6.07 Å². The Labute approximate surface area is 116 Å². The van der Waals surface area contributed by atoms with Crippen LogP contribution in [0, 0.1) is 5.92 Å². The molecule has 1 heterocycles.